The van der Waals surface area contributed by atoms with E-state index in [1.165, 1.54) is 13.1 Å². The number of fused-ring (bicyclic) bond motifs is 1. The van der Waals surface area contributed by atoms with Gasteiger partial charge in [0.15, 0.2) is 12.0 Å². The number of carbonyl (C=O) groups is 2. The number of nitrogens with one attached hydrogen (secondary N) is 1. The monoisotopic (exact) mass is 502 g/mol. The summed E-state index contributed by atoms with van der Waals surface area (Å²) in [6.07, 6.45) is 6.57. The number of aryl methyl sites for hydroxylation is 2. The number of carbonyl (C=O) groups excluding carboxylic acids is 2. The van der Waals surface area contributed by atoms with E-state index in [-0.39, 0.29) is 18.1 Å². The van der Waals surface area contributed by atoms with Gasteiger partial charge in [0.2, 0.25) is 11.4 Å². The smallest absolute Gasteiger partial charge is 0.242 e. The summed E-state index contributed by atoms with van der Waals surface area (Å²) in [4.78, 5) is 34.1. The summed E-state index contributed by atoms with van der Waals surface area (Å²) in [5.41, 5.74) is 3.22. The Bertz CT molecular complexity index is 1400. The van der Waals surface area contributed by atoms with Gasteiger partial charge in [-0.1, -0.05) is 23.7 Å². The molecule has 1 aliphatic rings. The first-order chi connectivity index (χ1) is 17.2. The third-order valence-corrected chi connectivity index (χ3v) is 6.79. The lowest BCUT2D eigenvalue weighted by atomic mass is 9.81. The molecule has 8 heteroatoms. The molecule has 0 unspecified atom stereocenters. The van der Waals surface area contributed by atoms with E-state index < -0.39 is 5.54 Å². The predicted molar refractivity (Wildman–Crippen MR) is 142 cm³/mol. The van der Waals surface area contributed by atoms with Crippen molar-refractivity contribution in [3.63, 3.8) is 0 Å². The molecule has 0 saturated heterocycles. The van der Waals surface area contributed by atoms with Gasteiger partial charge in [0.1, 0.15) is 0 Å². The number of amides is 1. The number of hydrogen-bond acceptors (Lipinski definition) is 5. The van der Waals surface area contributed by atoms with Gasteiger partial charge >= 0.3 is 0 Å². The summed E-state index contributed by atoms with van der Waals surface area (Å²) in [5.74, 6) is -0.357. The van der Waals surface area contributed by atoms with Crippen molar-refractivity contribution >= 4 is 41.4 Å². The first-order valence-corrected chi connectivity index (χ1v) is 12.0. The number of para-hydroxylation sites is 1. The minimum absolute atomic E-state index is 0.144. The quantitative estimate of drug-likeness (QED) is 0.284. The van der Waals surface area contributed by atoms with Crippen molar-refractivity contribution in [1.29, 1.82) is 0 Å². The molecule has 0 fully saturated rings. The average Bonchev–Trinajstić information content (AvgIpc) is 2.98. The molecule has 1 aliphatic heterocycles. The standard InChI is InChI=1S/C28H27ClN4O3/c1-18-13-25(29)19(2)12-23(18)27(35)14-28(17-32-26-7-5-4-6-22(26)16-33(28)36)24-15-30-10-8-21(24)9-11-31-20(3)34/h4-8,10,12-13,15-17H,9,11,14H2,1-3H3,(H,31,34)/t28-/m0/s1. The second kappa shape index (κ2) is 10.4. The molecule has 184 valence electrons. The van der Waals surface area contributed by atoms with Crippen LogP contribution in [0.15, 0.2) is 59.9 Å². The molecule has 1 amide bonds. The van der Waals surface area contributed by atoms with Gasteiger partial charge in [-0.2, -0.15) is 4.74 Å². The Kier molecular flexibility index (Phi) is 7.31. The molecule has 1 atom stereocenters. The maximum absolute atomic E-state index is 13.9. The normalized spacial score (nSPS) is 16.6. The van der Waals surface area contributed by atoms with Gasteiger partial charge in [0.25, 0.3) is 0 Å². The minimum Gasteiger partial charge on any atom is -0.623 e. The van der Waals surface area contributed by atoms with Crippen LogP contribution in [0.1, 0.15) is 51.5 Å². The van der Waals surface area contributed by atoms with Gasteiger partial charge in [-0.05, 0) is 67.3 Å². The zero-order chi connectivity index (χ0) is 25.9. The molecule has 36 heavy (non-hydrogen) atoms. The number of halogens is 1. The van der Waals surface area contributed by atoms with Crippen LogP contribution in [0.25, 0.3) is 0 Å². The molecule has 3 aromatic rings. The molecular weight excluding hydrogens is 476 g/mol. The third-order valence-electron chi connectivity index (χ3n) is 6.39. The van der Waals surface area contributed by atoms with E-state index in [1.807, 2.05) is 38.1 Å². The molecule has 7 nitrogen and oxygen atoms in total. The molecular formula is C28H27ClN4O3. The largest absolute Gasteiger partial charge is 0.623 e. The Morgan fingerprint density at radius 1 is 1.14 bits per heavy atom. The van der Waals surface area contributed by atoms with E-state index in [0.717, 1.165) is 21.4 Å². The predicted octanol–water partition coefficient (Wildman–Crippen LogP) is 4.84. The highest BCUT2D eigenvalue weighted by Crippen LogP contribution is 2.35. The van der Waals surface area contributed by atoms with Gasteiger partial charge in [-0.3, -0.25) is 19.6 Å². The van der Waals surface area contributed by atoms with Crippen LogP contribution < -0.4 is 5.32 Å². The van der Waals surface area contributed by atoms with Crippen LogP contribution in [0, 0.1) is 19.1 Å². The van der Waals surface area contributed by atoms with Crippen LogP contribution in [-0.2, 0) is 16.8 Å². The van der Waals surface area contributed by atoms with Gasteiger partial charge in [0.05, 0.1) is 29.4 Å². The fraction of sp³-hybridized carbons (Fsp3) is 0.250. The van der Waals surface area contributed by atoms with Crippen molar-refractivity contribution in [3.05, 3.63) is 98.5 Å². The fourth-order valence-corrected chi connectivity index (χ4v) is 4.64. The second-order valence-corrected chi connectivity index (χ2v) is 9.39. The number of benzene rings is 2. The van der Waals surface area contributed by atoms with E-state index in [2.05, 4.69) is 15.3 Å². The SMILES string of the molecule is CC(=O)NCCc1ccncc1[C@]1(CC(=O)c2cc(C)c(Cl)cc2C)C=Nc2ccccc2C=[N+]1[O-]. The van der Waals surface area contributed by atoms with Crippen LogP contribution in [0.5, 0.6) is 0 Å². The summed E-state index contributed by atoms with van der Waals surface area (Å²) < 4.78 is 0.803. The van der Waals surface area contributed by atoms with Gasteiger partial charge < -0.3 is 10.5 Å². The first kappa shape index (κ1) is 25.3. The number of ketones is 1. The number of pyridine rings is 1. The van der Waals surface area contributed by atoms with Crippen molar-refractivity contribution < 1.29 is 14.3 Å². The number of aromatic nitrogens is 1. The van der Waals surface area contributed by atoms with Crippen LogP contribution >= 0.6 is 11.6 Å². The molecule has 0 saturated carbocycles. The number of Topliss-reactive ketones (excluding diaryl/α,β-unsaturated/α-hetero) is 1. The van der Waals surface area contributed by atoms with Gasteiger partial charge in [-0.15, -0.1) is 0 Å². The first-order valence-electron chi connectivity index (χ1n) is 11.6. The Labute approximate surface area is 215 Å². The Balaban J connectivity index is 1.86. The minimum atomic E-state index is -1.45. The molecule has 1 aromatic heterocycles. The number of rotatable bonds is 7. The summed E-state index contributed by atoms with van der Waals surface area (Å²) in [7, 11) is 0. The van der Waals surface area contributed by atoms with Crippen molar-refractivity contribution in [2.45, 2.75) is 39.2 Å². The van der Waals surface area contributed by atoms with E-state index in [1.54, 1.807) is 36.8 Å². The Morgan fingerprint density at radius 2 is 1.92 bits per heavy atom. The summed E-state index contributed by atoms with van der Waals surface area (Å²) in [6.45, 7) is 5.50. The molecule has 2 aromatic carbocycles. The van der Waals surface area contributed by atoms with Crippen LogP contribution in [0.3, 0.4) is 0 Å². The Hall–Kier alpha value is -3.84. The zero-order valence-electron chi connectivity index (χ0n) is 20.4. The topological polar surface area (TPSA) is 97.5 Å². The van der Waals surface area contributed by atoms with Crippen LogP contribution in [0.4, 0.5) is 5.69 Å². The molecule has 2 heterocycles. The summed E-state index contributed by atoms with van der Waals surface area (Å²) >= 11 is 6.26. The van der Waals surface area contributed by atoms with Gasteiger partial charge in [0, 0.05) is 36.4 Å². The van der Waals surface area contributed by atoms with E-state index in [4.69, 9.17) is 11.6 Å². The van der Waals surface area contributed by atoms with Crippen molar-refractivity contribution in [2.24, 2.45) is 4.99 Å². The lowest BCUT2D eigenvalue weighted by Crippen LogP contribution is -2.42. The third kappa shape index (κ3) is 5.06. The van der Waals surface area contributed by atoms with Crippen LogP contribution in [-0.4, -0.2) is 40.4 Å². The number of aliphatic imine (C=N–C) groups is 1. The van der Waals surface area contributed by atoms with Gasteiger partial charge in [-0.25, -0.2) is 0 Å². The number of hydrogen-bond donors (Lipinski definition) is 1. The zero-order valence-corrected chi connectivity index (χ0v) is 21.2. The lowest BCUT2D eigenvalue weighted by molar-refractivity contribution is -0.527. The molecule has 0 spiro atoms. The van der Waals surface area contributed by atoms with E-state index >= 15 is 0 Å². The molecule has 0 radical (unpaired) electrons. The maximum Gasteiger partial charge on any atom is 0.242 e. The summed E-state index contributed by atoms with van der Waals surface area (Å²) in [6, 6.07) is 12.6. The van der Waals surface area contributed by atoms with Crippen molar-refractivity contribution in [2.75, 3.05) is 6.54 Å². The summed E-state index contributed by atoms with van der Waals surface area (Å²) in [5, 5.41) is 17.3. The van der Waals surface area contributed by atoms with E-state index in [9.17, 15) is 14.8 Å². The number of hydroxylamine groups is 1. The molecule has 1 N–H and O–H groups in total. The van der Waals surface area contributed by atoms with Crippen LogP contribution in [0.2, 0.25) is 5.02 Å². The lowest BCUT2D eigenvalue weighted by Gasteiger charge is -2.29. The highest BCUT2D eigenvalue weighted by molar-refractivity contribution is 6.31. The molecule has 4 rings (SSSR count). The highest BCUT2D eigenvalue weighted by atomic mass is 35.5. The second-order valence-electron chi connectivity index (χ2n) is 8.98. The fourth-order valence-electron chi connectivity index (χ4n) is 4.42. The van der Waals surface area contributed by atoms with Crippen molar-refractivity contribution in [3.8, 4) is 0 Å². The Morgan fingerprint density at radius 3 is 2.69 bits per heavy atom. The number of nitrogens with zero attached hydrogens (tertiary/aromatic N) is 3. The molecule has 0 bridgehead atoms. The average molecular weight is 503 g/mol. The highest BCUT2D eigenvalue weighted by Gasteiger charge is 2.45. The molecule has 0 aliphatic carbocycles. The maximum atomic E-state index is 13.9. The van der Waals surface area contributed by atoms with E-state index in [0.29, 0.717) is 40.4 Å². The van der Waals surface area contributed by atoms with Crippen molar-refractivity contribution in [1.82, 2.24) is 10.3 Å².